The molecule has 2 aliphatic rings. The Balaban J connectivity index is 1.50. The van der Waals surface area contributed by atoms with Gasteiger partial charge >= 0.3 is 12.3 Å². The second-order valence-electron chi connectivity index (χ2n) is 11.3. The van der Waals surface area contributed by atoms with Crippen molar-refractivity contribution in [3.63, 3.8) is 0 Å². The Bertz CT molecular complexity index is 1690. The van der Waals surface area contributed by atoms with Gasteiger partial charge in [-0.05, 0) is 79.9 Å². The molecule has 1 fully saturated rings. The molecular formula is C29H28Cl2F3N5O4S. The molecule has 1 atom stereocenters. The minimum atomic E-state index is -4.69. The SMILES string of the molecule is CC(C)(C)OC(=O)N1CCN(C2=NC(=O)C(=C(Cc3ccc(Cl)cc3C(F)(F)F)c3ccc4[nH]nc(Cl)c4c3)S2)C[C@@H]1CO. The summed E-state index contributed by atoms with van der Waals surface area (Å²) in [6, 6.07) is 7.93. The first-order valence-electron chi connectivity index (χ1n) is 13.5. The van der Waals surface area contributed by atoms with Crippen molar-refractivity contribution < 1.29 is 32.6 Å². The number of alkyl halides is 3. The molecule has 9 nitrogen and oxygen atoms in total. The third-order valence-corrected chi connectivity index (χ3v) is 8.74. The Morgan fingerprint density at radius 1 is 1.16 bits per heavy atom. The minimum Gasteiger partial charge on any atom is -0.444 e. The molecule has 2 N–H and O–H groups in total. The second kappa shape index (κ2) is 12.3. The molecule has 0 spiro atoms. The standard InChI is InChI=1S/C29H28Cl2F3N5O4S/c1-28(2,3)43-27(42)39-9-8-38(13-18(39)14-40)26-35-25(41)23(44-26)19(15-5-7-22-20(10-15)24(31)37-36-22)11-16-4-6-17(30)12-21(16)29(32,33)34/h4-7,10,12,18,40H,8-9,11,13-14H2,1-3H3,(H,36,37)/t18-/m1/s1. The van der Waals surface area contributed by atoms with Crippen molar-refractivity contribution in [2.75, 3.05) is 26.2 Å². The zero-order chi connectivity index (χ0) is 32.0. The van der Waals surface area contributed by atoms with Gasteiger partial charge in [-0.3, -0.25) is 14.8 Å². The van der Waals surface area contributed by atoms with Gasteiger partial charge in [0.15, 0.2) is 10.3 Å². The van der Waals surface area contributed by atoms with Gasteiger partial charge in [-0.15, -0.1) is 0 Å². The van der Waals surface area contributed by atoms with E-state index in [1.54, 1.807) is 43.9 Å². The summed E-state index contributed by atoms with van der Waals surface area (Å²) in [7, 11) is 0. The molecule has 15 heteroatoms. The quantitative estimate of drug-likeness (QED) is 0.310. The topological polar surface area (TPSA) is 111 Å². The number of aliphatic imine (C=N–C) groups is 1. The molecule has 2 amide bonds. The van der Waals surface area contributed by atoms with Crippen LogP contribution >= 0.6 is 35.0 Å². The number of halogens is 5. The van der Waals surface area contributed by atoms with E-state index in [0.29, 0.717) is 33.8 Å². The summed E-state index contributed by atoms with van der Waals surface area (Å²) in [4.78, 5) is 33.7. The first kappa shape index (κ1) is 32.1. The highest BCUT2D eigenvalue weighted by molar-refractivity contribution is 8.18. The Morgan fingerprint density at radius 3 is 2.59 bits per heavy atom. The molecule has 0 aliphatic carbocycles. The van der Waals surface area contributed by atoms with Gasteiger partial charge < -0.3 is 14.7 Å². The summed E-state index contributed by atoms with van der Waals surface area (Å²) < 4.78 is 47.6. The number of aromatic amines is 1. The van der Waals surface area contributed by atoms with Crippen molar-refractivity contribution in [1.29, 1.82) is 0 Å². The van der Waals surface area contributed by atoms with Gasteiger partial charge in [0.05, 0.1) is 28.6 Å². The van der Waals surface area contributed by atoms with Crippen LogP contribution in [0.1, 0.15) is 37.5 Å². The first-order valence-corrected chi connectivity index (χ1v) is 15.1. The van der Waals surface area contributed by atoms with Gasteiger partial charge in [0.2, 0.25) is 0 Å². The summed E-state index contributed by atoms with van der Waals surface area (Å²) in [6.07, 6.45) is -5.50. The monoisotopic (exact) mass is 669 g/mol. The van der Waals surface area contributed by atoms with Crippen molar-refractivity contribution >= 4 is 68.6 Å². The molecule has 2 aromatic carbocycles. The minimum absolute atomic E-state index is 0.0669. The number of allylic oxidation sites excluding steroid dienone is 1. The molecule has 1 aromatic heterocycles. The molecular weight excluding hydrogens is 642 g/mol. The van der Waals surface area contributed by atoms with Gasteiger partial charge in [0.1, 0.15) is 5.60 Å². The number of benzene rings is 2. The summed E-state index contributed by atoms with van der Waals surface area (Å²) >= 11 is 13.2. The lowest BCUT2D eigenvalue weighted by atomic mass is 9.93. The van der Waals surface area contributed by atoms with Crippen LogP contribution in [0, 0.1) is 0 Å². The largest absolute Gasteiger partial charge is 0.444 e. The number of hydrogen-bond acceptors (Lipinski definition) is 7. The van der Waals surface area contributed by atoms with E-state index in [9.17, 15) is 27.9 Å². The molecule has 3 heterocycles. The van der Waals surface area contributed by atoms with Gasteiger partial charge in [-0.2, -0.15) is 23.3 Å². The number of aromatic nitrogens is 2. The molecule has 1 saturated heterocycles. The fourth-order valence-corrected chi connectivity index (χ4v) is 6.43. The predicted octanol–water partition coefficient (Wildman–Crippen LogP) is 6.39. The van der Waals surface area contributed by atoms with E-state index in [-0.39, 0.29) is 46.8 Å². The molecule has 0 bridgehead atoms. The van der Waals surface area contributed by atoms with Gasteiger partial charge in [-0.25, -0.2) is 4.79 Å². The van der Waals surface area contributed by atoms with E-state index >= 15 is 0 Å². The van der Waals surface area contributed by atoms with E-state index in [1.807, 2.05) is 0 Å². The van der Waals surface area contributed by atoms with Crippen LogP contribution in [0.4, 0.5) is 18.0 Å². The Hall–Kier alpha value is -3.26. The number of piperazine rings is 1. The molecule has 2 aliphatic heterocycles. The van der Waals surface area contributed by atoms with Crippen molar-refractivity contribution in [1.82, 2.24) is 20.0 Å². The lowest BCUT2D eigenvalue weighted by Gasteiger charge is -2.41. The van der Waals surface area contributed by atoms with Crippen LogP contribution in [0.3, 0.4) is 0 Å². The number of nitrogens with zero attached hydrogens (tertiary/aromatic N) is 4. The number of H-pyrrole nitrogens is 1. The summed E-state index contributed by atoms with van der Waals surface area (Å²) in [5, 5.41) is 17.8. The molecule has 0 saturated carbocycles. The van der Waals surface area contributed by atoms with Gasteiger partial charge in [0.25, 0.3) is 5.91 Å². The third kappa shape index (κ3) is 6.85. The van der Waals surface area contributed by atoms with Crippen LogP contribution in [-0.4, -0.2) is 80.2 Å². The highest BCUT2D eigenvalue weighted by atomic mass is 35.5. The summed E-state index contributed by atoms with van der Waals surface area (Å²) in [5.74, 6) is -0.615. The van der Waals surface area contributed by atoms with E-state index in [0.717, 1.165) is 17.8 Å². The van der Waals surface area contributed by atoms with E-state index < -0.39 is 35.4 Å². The van der Waals surface area contributed by atoms with Crippen molar-refractivity contribution in [2.24, 2.45) is 4.99 Å². The van der Waals surface area contributed by atoms with Crippen molar-refractivity contribution in [3.8, 4) is 0 Å². The fraction of sp³-hybridized carbons (Fsp3) is 0.379. The maximum absolute atomic E-state index is 14.0. The average Bonchev–Trinajstić information content (AvgIpc) is 3.52. The smallest absolute Gasteiger partial charge is 0.416 e. The molecule has 0 radical (unpaired) electrons. The fourth-order valence-electron chi connectivity index (χ4n) is 5.01. The maximum Gasteiger partial charge on any atom is 0.416 e. The number of aliphatic hydroxyl groups excluding tert-OH is 1. The number of carbonyl (C=O) groups excluding carboxylic acids is 2. The number of rotatable bonds is 4. The highest BCUT2D eigenvalue weighted by Crippen LogP contribution is 2.41. The second-order valence-corrected chi connectivity index (χ2v) is 13.1. The number of amides is 2. The number of fused-ring (bicyclic) bond motifs is 1. The van der Waals surface area contributed by atoms with Crippen molar-refractivity contribution in [3.05, 3.63) is 68.2 Å². The number of ether oxygens (including phenoxy) is 1. The number of thioether (sulfide) groups is 1. The van der Waals surface area contributed by atoms with Crippen LogP contribution in [0.5, 0.6) is 0 Å². The molecule has 3 aromatic rings. The predicted molar refractivity (Wildman–Crippen MR) is 164 cm³/mol. The molecule has 44 heavy (non-hydrogen) atoms. The van der Waals surface area contributed by atoms with E-state index in [1.165, 1.54) is 17.0 Å². The Morgan fingerprint density at radius 2 is 1.91 bits per heavy atom. The number of hydrogen-bond donors (Lipinski definition) is 2. The average molecular weight is 671 g/mol. The van der Waals surface area contributed by atoms with E-state index in [4.69, 9.17) is 27.9 Å². The zero-order valence-electron chi connectivity index (χ0n) is 23.8. The third-order valence-electron chi connectivity index (χ3n) is 7.06. The van der Waals surface area contributed by atoms with Crippen LogP contribution in [0.25, 0.3) is 16.5 Å². The number of aliphatic hydroxyl groups is 1. The van der Waals surface area contributed by atoms with Crippen LogP contribution in [0.2, 0.25) is 10.2 Å². The highest BCUT2D eigenvalue weighted by Gasteiger charge is 2.38. The molecule has 0 unspecified atom stereocenters. The van der Waals surface area contributed by atoms with E-state index in [2.05, 4.69) is 15.2 Å². The first-order chi connectivity index (χ1) is 20.6. The normalized spacial score (nSPS) is 19.1. The lowest BCUT2D eigenvalue weighted by Crippen LogP contribution is -2.58. The summed E-state index contributed by atoms with van der Waals surface area (Å²) in [5.41, 5.74) is -0.300. The van der Waals surface area contributed by atoms with Crippen LogP contribution in [0.15, 0.2) is 46.3 Å². The van der Waals surface area contributed by atoms with Gasteiger partial charge in [-0.1, -0.05) is 35.3 Å². The molecule has 234 valence electrons. The van der Waals surface area contributed by atoms with Crippen molar-refractivity contribution in [2.45, 2.75) is 45.0 Å². The lowest BCUT2D eigenvalue weighted by molar-refractivity contribution is -0.138. The number of amidine groups is 1. The van der Waals surface area contributed by atoms with Gasteiger partial charge in [0, 0.05) is 30.0 Å². The van der Waals surface area contributed by atoms with Crippen LogP contribution in [-0.2, 0) is 22.1 Å². The summed E-state index contributed by atoms with van der Waals surface area (Å²) in [6.45, 7) is 5.56. The zero-order valence-corrected chi connectivity index (χ0v) is 26.2. The van der Waals surface area contributed by atoms with Crippen LogP contribution < -0.4 is 0 Å². The Labute approximate surface area is 265 Å². The Kier molecular flexibility index (Phi) is 8.96. The maximum atomic E-state index is 14.0. The number of nitrogens with one attached hydrogen (secondary N) is 1. The number of carbonyl (C=O) groups is 2. The molecule has 5 rings (SSSR count).